The molecule has 110 valence electrons. The number of rotatable bonds is 8. The van der Waals surface area contributed by atoms with E-state index in [-0.39, 0.29) is 10.9 Å². The van der Waals surface area contributed by atoms with E-state index >= 15 is 0 Å². The molecule has 7 heteroatoms. The van der Waals surface area contributed by atoms with Gasteiger partial charge in [0.15, 0.2) is 0 Å². The molecular formula is C12H23N3O3S. The summed E-state index contributed by atoms with van der Waals surface area (Å²) in [5.41, 5.74) is 0.563. The van der Waals surface area contributed by atoms with Gasteiger partial charge < -0.3 is 4.74 Å². The van der Waals surface area contributed by atoms with Crippen LogP contribution in [-0.2, 0) is 14.8 Å². The first-order valence-electron chi connectivity index (χ1n) is 6.49. The Labute approximate surface area is 115 Å². The summed E-state index contributed by atoms with van der Waals surface area (Å²) in [6, 6.07) is -0.0190. The molecule has 0 atom stereocenters. The zero-order chi connectivity index (χ0) is 14.5. The Hall–Kier alpha value is -0.920. The van der Waals surface area contributed by atoms with Crippen LogP contribution in [0.25, 0.3) is 0 Å². The lowest BCUT2D eigenvalue weighted by Gasteiger charge is -2.29. The summed E-state index contributed by atoms with van der Waals surface area (Å²) >= 11 is 0. The van der Waals surface area contributed by atoms with Crippen molar-refractivity contribution in [3.8, 4) is 0 Å². The molecule has 0 saturated heterocycles. The SMILES string of the molecule is CCC(CC)N(CCOC)S(=O)(=O)c1cn[nH]c1C. The third-order valence-electron chi connectivity index (χ3n) is 3.24. The van der Waals surface area contributed by atoms with Crippen molar-refractivity contribution in [2.24, 2.45) is 0 Å². The fourth-order valence-electron chi connectivity index (χ4n) is 2.10. The highest BCUT2D eigenvalue weighted by Gasteiger charge is 2.31. The molecule has 1 N–H and O–H groups in total. The fourth-order valence-corrected chi connectivity index (χ4v) is 3.98. The summed E-state index contributed by atoms with van der Waals surface area (Å²) in [4.78, 5) is 0.246. The van der Waals surface area contributed by atoms with Crippen molar-refractivity contribution in [2.45, 2.75) is 44.6 Å². The van der Waals surface area contributed by atoms with Crippen molar-refractivity contribution < 1.29 is 13.2 Å². The van der Waals surface area contributed by atoms with Gasteiger partial charge in [-0.2, -0.15) is 9.40 Å². The molecular weight excluding hydrogens is 266 g/mol. The van der Waals surface area contributed by atoms with E-state index < -0.39 is 10.0 Å². The number of nitrogens with one attached hydrogen (secondary N) is 1. The van der Waals surface area contributed by atoms with Gasteiger partial charge in [-0.25, -0.2) is 8.42 Å². The second kappa shape index (κ2) is 7.02. The number of aromatic amines is 1. The van der Waals surface area contributed by atoms with Crippen molar-refractivity contribution in [1.29, 1.82) is 0 Å². The monoisotopic (exact) mass is 289 g/mol. The summed E-state index contributed by atoms with van der Waals surface area (Å²) in [6.07, 6.45) is 2.92. The predicted octanol–water partition coefficient (Wildman–Crippen LogP) is 1.54. The quantitative estimate of drug-likeness (QED) is 0.787. The average Bonchev–Trinajstić information content (AvgIpc) is 2.81. The number of ether oxygens (including phenoxy) is 1. The smallest absolute Gasteiger partial charge is 0.246 e. The van der Waals surface area contributed by atoms with E-state index in [0.717, 1.165) is 12.8 Å². The maximum absolute atomic E-state index is 12.7. The van der Waals surface area contributed by atoms with Crippen LogP contribution in [0.2, 0.25) is 0 Å². The van der Waals surface area contributed by atoms with Crippen molar-refractivity contribution >= 4 is 10.0 Å². The first-order valence-corrected chi connectivity index (χ1v) is 7.93. The molecule has 0 fully saturated rings. The number of nitrogens with zero attached hydrogens (tertiary/aromatic N) is 2. The standard InChI is InChI=1S/C12H23N3O3S/c1-5-11(6-2)15(7-8-18-4)19(16,17)12-9-13-14-10(12)3/h9,11H,5-8H2,1-4H3,(H,13,14). The molecule has 6 nitrogen and oxygen atoms in total. The Morgan fingerprint density at radius 2 is 2.05 bits per heavy atom. The zero-order valence-electron chi connectivity index (χ0n) is 12.0. The summed E-state index contributed by atoms with van der Waals surface area (Å²) in [5.74, 6) is 0. The molecule has 1 rings (SSSR count). The minimum absolute atomic E-state index is 0.0190. The molecule has 0 amide bonds. The van der Waals surface area contributed by atoms with Gasteiger partial charge in [-0.3, -0.25) is 5.10 Å². The lowest BCUT2D eigenvalue weighted by Crippen LogP contribution is -2.41. The number of H-pyrrole nitrogens is 1. The molecule has 0 unspecified atom stereocenters. The third-order valence-corrected chi connectivity index (χ3v) is 5.30. The van der Waals surface area contributed by atoms with Crippen molar-refractivity contribution in [2.75, 3.05) is 20.3 Å². The predicted molar refractivity (Wildman–Crippen MR) is 73.5 cm³/mol. The van der Waals surface area contributed by atoms with Crippen LogP contribution in [0.1, 0.15) is 32.4 Å². The van der Waals surface area contributed by atoms with Crippen LogP contribution in [0.3, 0.4) is 0 Å². The first kappa shape index (κ1) is 16.1. The van der Waals surface area contributed by atoms with E-state index in [1.807, 2.05) is 13.8 Å². The van der Waals surface area contributed by atoms with Gasteiger partial charge in [-0.05, 0) is 19.8 Å². The van der Waals surface area contributed by atoms with Gasteiger partial charge in [0.2, 0.25) is 10.0 Å². The number of aryl methyl sites for hydroxylation is 1. The minimum Gasteiger partial charge on any atom is -0.383 e. The second-order valence-corrected chi connectivity index (χ2v) is 6.30. The highest BCUT2D eigenvalue weighted by molar-refractivity contribution is 7.89. The summed E-state index contributed by atoms with van der Waals surface area (Å²) in [6.45, 7) is 6.43. The second-order valence-electron chi connectivity index (χ2n) is 4.44. The normalized spacial score (nSPS) is 12.5. The van der Waals surface area contributed by atoms with Crippen LogP contribution >= 0.6 is 0 Å². The van der Waals surface area contributed by atoms with Gasteiger partial charge in [0, 0.05) is 19.7 Å². The Morgan fingerprint density at radius 1 is 1.42 bits per heavy atom. The molecule has 1 aromatic rings. The maximum Gasteiger partial charge on any atom is 0.246 e. The summed E-state index contributed by atoms with van der Waals surface area (Å²) in [7, 11) is -1.95. The molecule has 19 heavy (non-hydrogen) atoms. The molecule has 0 aliphatic rings. The topological polar surface area (TPSA) is 75.3 Å². The lowest BCUT2D eigenvalue weighted by atomic mass is 10.2. The first-order chi connectivity index (χ1) is 8.98. The molecule has 1 heterocycles. The lowest BCUT2D eigenvalue weighted by molar-refractivity contribution is 0.163. The van der Waals surface area contributed by atoms with Crippen LogP contribution in [0.15, 0.2) is 11.1 Å². The Balaban J connectivity index is 3.12. The maximum atomic E-state index is 12.7. The fraction of sp³-hybridized carbons (Fsp3) is 0.750. The van der Waals surface area contributed by atoms with Gasteiger partial charge in [-0.15, -0.1) is 0 Å². The summed E-state index contributed by atoms with van der Waals surface area (Å²) < 4.78 is 31.9. The van der Waals surface area contributed by atoms with Gasteiger partial charge in [0.1, 0.15) is 4.90 Å². The Kier molecular flexibility index (Phi) is 5.96. The van der Waals surface area contributed by atoms with Crippen LogP contribution in [-0.4, -0.2) is 49.2 Å². The highest BCUT2D eigenvalue weighted by Crippen LogP contribution is 2.22. The molecule has 1 aromatic heterocycles. The Morgan fingerprint density at radius 3 is 2.47 bits per heavy atom. The van der Waals surface area contributed by atoms with Crippen LogP contribution in [0.5, 0.6) is 0 Å². The molecule has 0 bridgehead atoms. The van der Waals surface area contributed by atoms with Crippen LogP contribution in [0, 0.1) is 6.92 Å². The number of aromatic nitrogens is 2. The molecule has 0 aliphatic carbocycles. The molecule has 0 aromatic carbocycles. The van der Waals surface area contributed by atoms with E-state index in [1.165, 1.54) is 10.5 Å². The van der Waals surface area contributed by atoms with Gasteiger partial charge in [0.05, 0.1) is 18.5 Å². The molecule has 0 saturated carbocycles. The summed E-state index contributed by atoms with van der Waals surface area (Å²) in [5, 5.41) is 6.47. The Bertz CT molecular complexity index is 480. The van der Waals surface area contributed by atoms with Crippen molar-refractivity contribution in [3.63, 3.8) is 0 Å². The van der Waals surface area contributed by atoms with Gasteiger partial charge >= 0.3 is 0 Å². The zero-order valence-corrected chi connectivity index (χ0v) is 12.8. The largest absolute Gasteiger partial charge is 0.383 e. The van der Waals surface area contributed by atoms with Crippen molar-refractivity contribution in [3.05, 3.63) is 11.9 Å². The van der Waals surface area contributed by atoms with Crippen LogP contribution in [0.4, 0.5) is 0 Å². The van der Waals surface area contributed by atoms with Gasteiger partial charge in [0.25, 0.3) is 0 Å². The number of sulfonamides is 1. The highest BCUT2D eigenvalue weighted by atomic mass is 32.2. The van der Waals surface area contributed by atoms with E-state index in [1.54, 1.807) is 14.0 Å². The van der Waals surface area contributed by atoms with E-state index in [2.05, 4.69) is 10.2 Å². The number of methoxy groups -OCH3 is 1. The van der Waals surface area contributed by atoms with Crippen LogP contribution < -0.4 is 0 Å². The number of hydrogen-bond acceptors (Lipinski definition) is 4. The average molecular weight is 289 g/mol. The van der Waals surface area contributed by atoms with E-state index in [9.17, 15) is 8.42 Å². The molecule has 0 spiro atoms. The van der Waals surface area contributed by atoms with Crippen molar-refractivity contribution in [1.82, 2.24) is 14.5 Å². The minimum atomic E-state index is -3.52. The van der Waals surface area contributed by atoms with E-state index in [4.69, 9.17) is 4.74 Å². The molecule has 0 radical (unpaired) electrons. The van der Waals surface area contributed by atoms with E-state index in [0.29, 0.717) is 18.8 Å². The third kappa shape index (κ3) is 3.55. The van der Waals surface area contributed by atoms with Gasteiger partial charge in [-0.1, -0.05) is 13.8 Å². The number of hydrogen-bond donors (Lipinski definition) is 1. The molecule has 0 aliphatic heterocycles.